The number of hydrogen-bond acceptors (Lipinski definition) is 7. The molecule has 21 heavy (non-hydrogen) atoms. The quantitative estimate of drug-likeness (QED) is 0.677. The maximum atomic E-state index is 12.2. The van der Waals surface area contributed by atoms with E-state index in [0.29, 0.717) is 32.0 Å². The van der Waals surface area contributed by atoms with Crippen molar-refractivity contribution in [2.75, 3.05) is 32.9 Å². The molecule has 2 N–H and O–H groups in total. The van der Waals surface area contributed by atoms with E-state index in [4.69, 9.17) is 15.2 Å². The maximum absolute atomic E-state index is 12.2. The number of hydrogen-bond donors (Lipinski definition) is 1. The van der Waals surface area contributed by atoms with Crippen LogP contribution in [0.1, 0.15) is 23.1 Å². The Hall–Kier alpha value is -2.00. The van der Waals surface area contributed by atoms with Crippen molar-refractivity contribution in [1.29, 1.82) is 0 Å². The third kappa shape index (κ3) is 3.56. The summed E-state index contributed by atoms with van der Waals surface area (Å²) in [5.74, 6) is -0.684. The highest BCUT2D eigenvalue weighted by Gasteiger charge is 2.23. The molecule has 1 aromatic heterocycles. The lowest BCUT2D eigenvalue weighted by atomic mass is 10.3. The number of morpholine rings is 1. The Kier molecular flexibility index (Phi) is 5.23. The molecule has 0 aromatic carbocycles. The molecule has 1 aliphatic rings. The molecule has 0 saturated carbocycles. The normalized spacial score (nSPS) is 15.0. The maximum Gasteiger partial charge on any atom is 0.360 e. The van der Waals surface area contributed by atoms with Crippen molar-refractivity contribution in [3.05, 3.63) is 11.4 Å². The monoisotopic (exact) mass is 297 g/mol. The van der Waals surface area contributed by atoms with E-state index in [0.717, 1.165) is 0 Å². The van der Waals surface area contributed by atoms with E-state index >= 15 is 0 Å². The zero-order valence-corrected chi connectivity index (χ0v) is 11.9. The number of esters is 1. The largest absolute Gasteiger partial charge is 0.461 e. The third-order valence-electron chi connectivity index (χ3n) is 3.15. The lowest BCUT2D eigenvalue weighted by molar-refractivity contribution is -0.136. The molecule has 0 radical (unpaired) electrons. The summed E-state index contributed by atoms with van der Waals surface area (Å²) in [6, 6.07) is 0. The van der Waals surface area contributed by atoms with Crippen LogP contribution in [-0.2, 0) is 27.4 Å². The van der Waals surface area contributed by atoms with E-state index in [2.05, 4.69) is 10.3 Å². The highest BCUT2D eigenvalue weighted by Crippen LogP contribution is 2.08. The molecule has 1 fully saturated rings. The summed E-state index contributed by atoms with van der Waals surface area (Å²) in [5, 5.41) is 7.60. The fraction of sp³-hybridized carbons (Fsp3) is 0.667. The van der Waals surface area contributed by atoms with Crippen molar-refractivity contribution in [2.24, 2.45) is 5.73 Å². The first-order chi connectivity index (χ1) is 10.2. The Bertz CT molecular complexity index is 510. The average molecular weight is 297 g/mol. The zero-order valence-electron chi connectivity index (χ0n) is 11.9. The van der Waals surface area contributed by atoms with Gasteiger partial charge in [0.15, 0.2) is 5.69 Å². The Labute approximate surface area is 122 Å². The van der Waals surface area contributed by atoms with Crippen molar-refractivity contribution >= 4 is 11.9 Å². The van der Waals surface area contributed by atoms with Gasteiger partial charge in [0.1, 0.15) is 6.54 Å². The molecule has 0 bridgehead atoms. The van der Waals surface area contributed by atoms with Gasteiger partial charge in [0, 0.05) is 19.6 Å². The first-order valence-corrected chi connectivity index (χ1v) is 6.82. The van der Waals surface area contributed by atoms with E-state index in [1.807, 2.05) is 0 Å². The molecular weight excluding hydrogens is 278 g/mol. The van der Waals surface area contributed by atoms with Crippen molar-refractivity contribution in [1.82, 2.24) is 19.9 Å². The van der Waals surface area contributed by atoms with Crippen molar-refractivity contribution in [3.63, 3.8) is 0 Å². The SMILES string of the molecule is CCOC(=O)c1nnn(CC(=O)N2CCOCC2)c1CN. The van der Waals surface area contributed by atoms with Crippen LogP contribution in [0.3, 0.4) is 0 Å². The molecule has 2 heterocycles. The summed E-state index contributed by atoms with van der Waals surface area (Å²) in [6.45, 7) is 4.15. The fourth-order valence-electron chi connectivity index (χ4n) is 2.06. The van der Waals surface area contributed by atoms with Crippen LogP contribution < -0.4 is 5.73 Å². The van der Waals surface area contributed by atoms with Gasteiger partial charge in [0.2, 0.25) is 5.91 Å². The topological polar surface area (TPSA) is 113 Å². The lowest BCUT2D eigenvalue weighted by Crippen LogP contribution is -2.42. The van der Waals surface area contributed by atoms with Gasteiger partial charge < -0.3 is 20.1 Å². The van der Waals surface area contributed by atoms with Crippen molar-refractivity contribution < 1.29 is 19.1 Å². The molecule has 9 nitrogen and oxygen atoms in total. The van der Waals surface area contributed by atoms with Gasteiger partial charge >= 0.3 is 5.97 Å². The molecule has 0 unspecified atom stereocenters. The van der Waals surface area contributed by atoms with Crippen LogP contribution in [0.25, 0.3) is 0 Å². The highest BCUT2D eigenvalue weighted by molar-refractivity contribution is 5.88. The number of nitrogens with zero attached hydrogens (tertiary/aromatic N) is 4. The smallest absolute Gasteiger partial charge is 0.360 e. The van der Waals surface area contributed by atoms with Crippen LogP contribution in [0.2, 0.25) is 0 Å². The van der Waals surface area contributed by atoms with Gasteiger partial charge in [-0.1, -0.05) is 5.21 Å². The molecule has 0 atom stereocenters. The summed E-state index contributed by atoms with van der Waals surface area (Å²) in [7, 11) is 0. The van der Waals surface area contributed by atoms with Gasteiger partial charge in [0.25, 0.3) is 0 Å². The van der Waals surface area contributed by atoms with Crippen molar-refractivity contribution in [3.8, 4) is 0 Å². The third-order valence-corrected chi connectivity index (χ3v) is 3.15. The molecule has 0 spiro atoms. The van der Waals surface area contributed by atoms with E-state index in [1.165, 1.54) is 4.68 Å². The molecule has 2 rings (SSSR count). The molecule has 9 heteroatoms. The molecule has 116 valence electrons. The Balaban J connectivity index is 2.09. The van der Waals surface area contributed by atoms with Gasteiger partial charge in [-0.2, -0.15) is 0 Å². The standard InChI is InChI=1S/C12H19N5O4/c1-2-21-12(19)11-9(7-13)17(15-14-11)8-10(18)16-3-5-20-6-4-16/h2-8,13H2,1H3. The minimum absolute atomic E-state index is 0.00105. The Morgan fingerprint density at radius 2 is 2.10 bits per heavy atom. The zero-order chi connectivity index (χ0) is 15.2. The Morgan fingerprint density at radius 1 is 1.38 bits per heavy atom. The number of rotatable bonds is 5. The van der Waals surface area contributed by atoms with E-state index in [-0.39, 0.29) is 31.3 Å². The number of aromatic nitrogens is 3. The number of carbonyl (C=O) groups excluding carboxylic acids is 2. The molecule has 1 aliphatic heterocycles. The molecule has 1 aromatic rings. The predicted molar refractivity (Wildman–Crippen MR) is 71.3 cm³/mol. The van der Waals surface area contributed by atoms with Crippen LogP contribution in [0, 0.1) is 0 Å². The van der Waals surface area contributed by atoms with E-state index in [9.17, 15) is 9.59 Å². The second kappa shape index (κ2) is 7.14. The van der Waals surface area contributed by atoms with Crippen LogP contribution >= 0.6 is 0 Å². The minimum atomic E-state index is -0.581. The van der Waals surface area contributed by atoms with Crippen LogP contribution in [0.4, 0.5) is 0 Å². The summed E-state index contributed by atoms with van der Waals surface area (Å²) in [5.41, 5.74) is 6.09. The van der Waals surface area contributed by atoms with Crippen LogP contribution in [0.15, 0.2) is 0 Å². The summed E-state index contributed by atoms with van der Waals surface area (Å²) < 4.78 is 11.4. The number of amides is 1. The number of ether oxygens (including phenoxy) is 2. The molecule has 0 aliphatic carbocycles. The molecular formula is C12H19N5O4. The van der Waals surface area contributed by atoms with E-state index < -0.39 is 5.97 Å². The fourth-order valence-corrected chi connectivity index (χ4v) is 2.06. The Morgan fingerprint density at radius 3 is 2.71 bits per heavy atom. The van der Waals surface area contributed by atoms with E-state index in [1.54, 1.807) is 11.8 Å². The van der Waals surface area contributed by atoms with Gasteiger partial charge in [-0.15, -0.1) is 5.10 Å². The number of carbonyl (C=O) groups is 2. The van der Waals surface area contributed by atoms with Gasteiger partial charge in [-0.05, 0) is 6.92 Å². The second-order valence-corrected chi connectivity index (χ2v) is 4.46. The first-order valence-electron chi connectivity index (χ1n) is 6.82. The predicted octanol–water partition coefficient (Wildman–Crippen LogP) is -1.23. The number of nitrogens with two attached hydrogens (primary N) is 1. The molecule has 1 amide bonds. The van der Waals surface area contributed by atoms with Gasteiger partial charge in [-0.25, -0.2) is 9.48 Å². The first kappa shape index (κ1) is 15.4. The summed E-state index contributed by atoms with van der Waals surface area (Å²) in [4.78, 5) is 25.6. The van der Waals surface area contributed by atoms with Gasteiger partial charge in [0.05, 0.1) is 25.5 Å². The lowest BCUT2D eigenvalue weighted by Gasteiger charge is -2.26. The highest BCUT2D eigenvalue weighted by atomic mass is 16.5. The average Bonchev–Trinajstić information content (AvgIpc) is 2.91. The van der Waals surface area contributed by atoms with Crippen LogP contribution in [-0.4, -0.2) is 64.7 Å². The van der Waals surface area contributed by atoms with Gasteiger partial charge in [-0.3, -0.25) is 4.79 Å². The molecule has 1 saturated heterocycles. The summed E-state index contributed by atoms with van der Waals surface area (Å²) in [6.07, 6.45) is 0. The second-order valence-electron chi connectivity index (χ2n) is 4.46. The van der Waals surface area contributed by atoms with Crippen molar-refractivity contribution in [2.45, 2.75) is 20.0 Å². The minimum Gasteiger partial charge on any atom is -0.461 e. The summed E-state index contributed by atoms with van der Waals surface area (Å²) >= 11 is 0. The van der Waals surface area contributed by atoms with Crippen LogP contribution in [0.5, 0.6) is 0 Å².